The Balaban J connectivity index is 2.17. The van der Waals surface area contributed by atoms with E-state index in [0.717, 1.165) is 12.1 Å². The molecule has 2 heterocycles. The van der Waals surface area contributed by atoms with Crippen LogP contribution < -0.4 is 11.1 Å². The van der Waals surface area contributed by atoms with Crippen LogP contribution in [-0.2, 0) is 9.84 Å². The third-order valence-corrected chi connectivity index (χ3v) is 4.93. The maximum absolute atomic E-state index is 11.6. The van der Waals surface area contributed by atoms with Gasteiger partial charge in [0.05, 0.1) is 11.5 Å². The van der Waals surface area contributed by atoms with Gasteiger partial charge in [-0.3, -0.25) is 0 Å². The Hall–Kier alpha value is -1.28. The van der Waals surface area contributed by atoms with Crippen molar-refractivity contribution in [3.63, 3.8) is 0 Å². The van der Waals surface area contributed by atoms with E-state index in [9.17, 15) is 8.42 Å². The molecule has 0 saturated carbocycles. The van der Waals surface area contributed by atoms with Crippen LogP contribution in [0, 0.1) is 6.92 Å². The monoisotopic (exact) mass is 300 g/mol. The molecule has 0 spiro atoms. The van der Waals surface area contributed by atoms with Crippen molar-refractivity contribution < 1.29 is 8.42 Å². The molecule has 8 heteroatoms. The molecule has 0 aromatic carbocycles. The first-order valence-electron chi connectivity index (χ1n) is 5.98. The highest BCUT2D eigenvalue weighted by Crippen LogP contribution is 2.16. The summed E-state index contributed by atoms with van der Waals surface area (Å²) in [7, 11) is -2.96. The Kier molecular flexibility index (Phi) is 4.00. The van der Waals surface area contributed by atoms with E-state index in [1.165, 1.54) is 0 Å². The van der Waals surface area contributed by atoms with E-state index in [0.29, 0.717) is 18.1 Å². The number of hydrogen-bond acceptors (Lipinski definition) is 6. The van der Waals surface area contributed by atoms with Gasteiger partial charge in [0, 0.05) is 11.7 Å². The maximum atomic E-state index is 11.6. The van der Waals surface area contributed by atoms with Crippen LogP contribution in [0.5, 0.6) is 0 Å². The van der Waals surface area contributed by atoms with Gasteiger partial charge in [-0.05, 0) is 25.8 Å². The number of thiocarbonyl (C=S) groups is 1. The van der Waals surface area contributed by atoms with Crippen molar-refractivity contribution in [1.29, 1.82) is 0 Å². The summed E-state index contributed by atoms with van der Waals surface area (Å²) in [5, 5.41) is 3.06. The molecule has 1 fully saturated rings. The third kappa shape index (κ3) is 3.84. The number of nitrogens with two attached hydrogens (primary N) is 1. The number of hydrogen-bond donors (Lipinski definition) is 2. The molecular formula is C11H16N4O2S2. The lowest BCUT2D eigenvalue weighted by molar-refractivity contribution is 0.561. The van der Waals surface area contributed by atoms with Gasteiger partial charge in [-0.25, -0.2) is 18.4 Å². The minimum Gasteiger partial charge on any atom is -0.388 e. The lowest BCUT2D eigenvalue weighted by Crippen LogP contribution is -2.35. The lowest BCUT2D eigenvalue weighted by Gasteiger charge is -2.23. The first kappa shape index (κ1) is 14.1. The highest BCUT2D eigenvalue weighted by atomic mass is 32.2. The summed E-state index contributed by atoms with van der Waals surface area (Å²) in [5.41, 5.74) is 6.77. The maximum Gasteiger partial charge on any atom is 0.223 e. The number of sulfone groups is 1. The third-order valence-electron chi connectivity index (χ3n) is 2.90. The molecule has 19 heavy (non-hydrogen) atoms. The summed E-state index contributed by atoms with van der Waals surface area (Å²) < 4.78 is 23.1. The highest BCUT2D eigenvalue weighted by molar-refractivity contribution is 7.91. The van der Waals surface area contributed by atoms with Crippen LogP contribution in [-0.4, -0.2) is 40.9 Å². The quantitative estimate of drug-likeness (QED) is 0.780. The van der Waals surface area contributed by atoms with E-state index in [4.69, 9.17) is 18.0 Å². The van der Waals surface area contributed by atoms with E-state index in [2.05, 4.69) is 15.3 Å². The summed E-state index contributed by atoms with van der Waals surface area (Å²) in [4.78, 5) is 8.62. The molecule has 0 aliphatic carbocycles. The number of rotatable bonds is 3. The first-order valence-corrected chi connectivity index (χ1v) is 8.21. The molecule has 0 amide bonds. The minimum absolute atomic E-state index is 0.118. The van der Waals surface area contributed by atoms with Crippen LogP contribution in [0.2, 0.25) is 0 Å². The van der Waals surface area contributed by atoms with Crippen LogP contribution in [0.1, 0.15) is 24.2 Å². The van der Waals surface area contributed by atoms with E-state index < -0.39 is 9.84 Å². The van der Waals surface area contributed by atoms with Crippen LogP contribution in [0.15, 0.2) is 6.07 Å². The molecule has 1 unspecified atom stereocenters. The van der Waals surface area contributed by atoms with Gasteiger partial charge in [0.1, 0.15) is 10.7 Å². The molecule has 1 saturated heterocycles. The molecule has 1 aliphatic rings. The zero-order valence-electron chi connectivity index (χ0n) is 10.6. The van der Waals surface area contributed by atoms with Gasteiger partial charge in [0.15, 0.2) is 9.84 Å². The van der Waals surface area contributed by atoms with Gasteiger partial charge in [-0.15, -0.1) is 0 Å². The predicted octanol–water partition coefficient (Wildman–Crippen LogP) is 0.408. The number of aryl methyl sites for hydroxylation is 1. The summed E-state index contributed by atoms with van der Waals surface area (Å²) in [6, 6.07) is 1.55. The average molecular weight is 300 g/mol. The molecule has 1 aliphatic heterocycles. The van der Waals surface area contributed by atoms with E-state index in [-0.39, 0.29) is 22.5 Å². The Morgan fingerprint density at radius 1 is 1.53 bits per heavy atom. The largest absolute Gasteiger partial charge is 0.388 e. The molecule has 6 nitrogen and oxygen atoms in total. The summed E-state index contributed by atoms with van der Waals surface area (Å²) in [6.45, 7) is 1.81. The van der Waals surface area contributed by atoms with Crippen molar-refractivity contribution >= 4 is 33.0 Å². The van der Waals surface area contributed by atoms with Crippen LogP contribution in [0.25, 0.3) is 0 Å². The van der Waals surface area contributed by atoms with Gasteiger partial charge in [-0.1, -0.05) is 12.2 Å². The van der Waals surface area contributed by atoms with Gasteiger partial charge in [0.2, 0.25) is 5.95 Å². The molecular weight excluding hydrogens is 284 g/mol. The second-order valence-corrected chi connectivity index (χ2v) is 7.35. The number of aromatic nitrogens is 2. The Labute approximate surface area is 117 Å². The van der Waals surface area contributed by atoms with Crippen molar-refractivity contribution in [2.75, 3.05) is 16.8 Å². The van der Waals surface area contributed by atoms with E-state index in [1.807, 2.05) is 6.92 Å². The van der Waals surface area contributed by atoms with E-state index >= 15 is 0 Å². The number of anilines is 1. The SMILES string of the molecule is Cc1cc(C(N)=S)nc(NC2CCCS(=O)(=O)C2)n1. The predicted molar refractivity (Wildman–Crippen MR) is 78.0 cm³/mol. The fourth-order valence-corrected chi connectivity index (χ4v) is 3.82. The molecule has 3 N–H and O–H groups in total. The van der Waals surface area contributed by atoms with Gasteiger partial charge in [-0.2, -0.15) is 0 Å². The van der Waals surface area contributed by atoms with Crippen molar-refractivity contribution in [3.8, 4) is 0 Å². The summed E-state index contributed by atoms with van der Waals surface area (Å²) in [6.07, 6.45) is 1.45. The minimum atomic E-state index is -2.96. The highest BCUT2D eigenvalue weighted by Gasteiger charge is 2.25. The summed E-state index contributed by atoms with van der Waals surface area (Å²) in [5.74, 6) is 0.759. The molecule has 2 rings (SSSR count). The Morgan fingerprint density at radius 2 is 2.26 bits per heavy atom. The number of nitrogens with one attached hydrogen (secondary N) is 1. The smallest absolute Gasteiger partial charge is 0.223 e. The molecule has 1 atom stereocenters. The molecule has 1 aromatic heterocycles. The molecule has 1 aromatic rings. The Morgan fingerprint density at radius 3 is 2.89 bits per heavy atom. The zero-order valence-corrected chi connectivity index (χ0v) is 12.2. The van der Waals surface area contributed by atoms with Crippen LogP contribution in [0.3, 0.4) is 0 Å². The average Bonchev–Trinajstić information content (AvgIpc) is 2.26. The first-order chi connectivity index (χ1) is 8.85. The van der Waals surface area contributed by atoms with Crippen LogP contribution in [0.4, 0.5) is 5.95 Å². The molecule has 104 valence electrons. The number of nitrogens with zero attached hydrogens (tertiary/aromatic N) is 2. The van der Waals surface area contributed by atoms with Crippen molar-refractivity contribution in [3.05, 3.63) is 17.5 Å². The molecule has 0 radical (unpaired) electrons. The van der Waals surface area contributed by atoms with Crippen LogP contribution >= 0.6 is 12.2 Å². The van der Waals surface area contributed by atoms with Crippen molar-refractivity contribution in [2.24, 2.45) is 5.73 Å². The van der Waals surface area contributed by atoms with Gasteiger partial charge >= 0.3 is 0 Å². The van der Waals surface area contributed by atoms with Crippen molar-refractivity contribution in [1.82, 2.24) is 9.97 Å². The van der Waals surface area contributed by atoms with Gasteiger partial charge in [0.25, 0.3) is 0 Å². The fourth-order valence-electron chi connectivity index (χ4n) is 2.08. The zero-order chi connectivity index (χ0) is 14.0. The molecule has 0 bridgehead atoms. The van der Waals surface area contributed by atoms with Gasteiger partial charge < -0.3 is 11.1 Å². The van der Waals surface area contributed by atoms with E-state index in [1.54, 1.807) is 6.07 Å². The second-order valence-electron chi connectivity index (χ2n) is 4.68. The van der Waals surface area contributed by atoms with Crippen molar-refractivity contribution in [2.45, 2.75) is 25.8 Å². The fraction of sp³-hybridized carbons (Fsp3) is 0.545. The Bertz CT molecular complexity index is 601. The standard InChI is InChI=1S/C11H16N4O2S2/c1-7-5-9(10(12)18)15-11(13-7)14-8-3-2-4-19(16,17)6-8/h5,8H,2-4,6H2,1H3,(H2,12,18)(H,13,14,15). The second kappa shape index (κ2) is 5.38. The summed E-state index contributed by atoms with van der Waals surface area (Å²) >= 11 is 4.89. The lowest BCUT2D eigenvalue weighted by atomic mass is 10.2. The topological polar surface area (TPSA) is 98.0 Å². The normalized spacial score (nSPS) is 21.8.